The third-order valence-electron chi connectivity index (χ3n) is 3.78. The van der Waals surface area contributed by atoms with E-state index >= 15 is 0 Å². The van der Waals surface area contributed by atoms with Gasteiger partial charge in [-0.2, -0.15) is 5.26 Å². The summed E-state index contributed by atoms with van der Waals surface area (Å²) in [6, 6.07) is 2.27. The van der Waals surface area contributed by atoms with Crippen molar-refractivity contribution in [3.05, 3.63) is 0 Å². The van der Waals surface area contributed by atoms with Crippen molar-refractivity contribution >= 4 is 5.91 Å². The number of rotatable bonds is 7. The van der Waals surface area contributed by atoms with Gasteiger partial charge in [0.15, 0.2) is 0 Å². The Bertz CT molecular complexity index is 302. The van der Waals surface area contributed by atoms with E-state index in [0.717, 1.165) is 45.1 Å². The van der Waals surface area contributed by atoms with Gasteiger partial charge in [-0.25, -0.2) is 0 Å². The van der Waals surface area contributed by atoms with Crippen molar-refractivity contribution in [2.45, 2.75) is 58.3 Å². The Hall–Kier alpha value is -1.08. The van der Waals surface area contributed by atoms with E-state index in [0.29, 0.717) is 26.0 Å². The van der Waals surface area contributed by atoms with Gasteiger partial charge in [0.25, 0.3) is 0 Å². The number of hydrogen-bond donors (Lipinski definition) is 1. The molecular formula is C15H26N2O2. The molecule has 0 aliphatic heterocycles. The minimum Gasteiger partial charge on any atom is -0.380 e. The number of carbonyl (C=O) groups excluding carboxylic acids is 1. The van der Waals surface area contributed by atoms with Crippen LogP contribution in [0.4, 0.5) is 0 Å². The molecule has 19 heavy (non-hydrogen) atoms. The molecule has 1 aliphatic carbocycles. The van der Waals surface area contributed by atoms with E-state index in [1.165, 1.54) is 0 Å². The predicted octanol–water partition coefficient (Wildman–Crippen LogP) is 2.78. The zero-order valence-corrected chi connectivity index (χ0v) is 12.0. The molecule has 0 aromatic heterocycles. The van der Waals surface area contributed by atoms with Crippen molar-refractivity contribution < 1.29 is 9.53 Å². The zero-order chi connectivity index (χ0) is 14.0. The molecule has 1 fully saturated rings. The summed E-state index contributed by atoms with van der Waals surface area (Å²) in [5.41, 5.74) is -0.792. The fourth-order valence-electron chi connectivity index (χ4n) is 2.48. The average molecular weight is 266 g/mol. The first-order valence-corrected chi connectivity index (χ1v) is 7.52. The second kappa shape index (κ2) is 8.92. The van der Waals surface area contributed by atoms with E-state index in [4.69, 9.17) is 4.74 Å². The van der Waals surface area contributed by atoms with E-state index in [-0.39, 0.29) is 5.91 Å². The molecule has 1 amide bonds. The van der Waals surface area contributed by atoms with Crippen LogP contribution in [-0.2, 0) is 9.53 Å². The fourth-order valence-corrected chi connectivity index (χ4v) is 2.48. The molecule has 0 unspecified atom stereocenters. The van der Waals surface area contributed by atoms with Crippen LogP contribution in [-0.4, -0.2) is 25.7 Å². The minimum atomic E-state index is -0.792. The summed E-state index contributed by atoms with van der Waals surface area (Å²) in [4.78, 5) is 12.2. The van der Waals surface area contributed by atoms with Crippen LogP contribution in [0.3, 0.4) is 0 Å². The van der Waals surface area contributed by atoms with Crippen molar-refractivity contribution in [1.82, 2.24) is 5.32 Å². The lowest BCUT2D eigenvalue weighted by Crippen LogP contribution is -2.41. The molecule has 0 radical (unpaired) electrons. The van der Waals surface area contributed by atoms with Crippen molar-refractivity contribution in [2.75, 3.05) is 19.8 Å². The second-order valence-corrected chi connectivity index (χ2v) is 5.33. The van der Waals surface area contributed by atoms with Gasteiger partial charge < -0.3 is 10.1 Å². The summed E-state index contributed by atoms with van der Waals surface area (Å²) in [5.74, 6) is -0.101. The summed E-state index contributed by atoms with van der Waals surface area (Å²) >= 11 is 0. The van der Waals surface area contributed by atoms with Crippen LogP contribution < -0.4 is 5.32 Å². The molecule has 0 bridgehead atoms. The lowest BCUT2D eigenvalue weighted by Gasteiger charge is -2.23. The molecule has 0 spiro atoms. The summed E-state index contributed by atoms with van der Waals surface area (Å²) in [5, 5.41) is 12.2. The number of carbonyl (C=O) groups is 1. The van der Waals surface area contributed by atoms with Crippen molar-refractivity contribution in [3.63, 3.8) is 0 Å². The van der Waals surface area contributed by atoms with Gasteiger partial charge in [-0.1, -0.05) is 39.0 Å². The van der Waals surface area contributed by atoms with E-state index in [1.807, 2.05) is 0 Å². The summed E-state index contributed by atoms with van der Waals surface area (Å²) in [7, 11) is 0. The average Bonchev–Trinajstić information content (AvgIpc) is 2.68. The maximum atomic E-state index is 12.2. The van der Waals surface area contributed by atoms with E-state index < -0.39 is 5.41 Å². The Morgan fingerprint density at radius 3 is 2.53 bits per heavy atom. The number of nitrogens with zero attached hydrogens (tertiary/aromatic N) is 1. The molecule has 0 aromatic rings. The largest absolute Gasteiger partial charge is 0.380 e. The van der Waals surface area contributed by atoms with Crippen LogP contribution in [0.15, 0.2) is 0 Å². The molecule has 0 aromatic carbocycles. The van der Waals surface area contributed by atoms with Gasteiger partial charge in [-0.3, -0.25) is 4.79 Å². The molecule has 4 nitrogen and oxygen atoms in total. The van der Waals surface area contributed by atoms with Gasteiger partial charge in [0.2, 0.25) is 5.91 Å². The van der Waals surface area contributed by atoms with Gasteiger partial charge in [0.05, 0.1) is 12.7 Å². The van der Waals surface area contributed by atoms with Crippen LogP contribution in [0.2, 0.25) is 0 Å². The maximum Gasteiger partial charge on any atom is 0.240 e. The van der Waals surface area contributed by atoms with E-state index in [1.54, 1.807) is 0 Å². The summed E-state index contributed by atoms with van der Waals surface area (Å²) in [6.45, 7) is 3.91. The van der Waals surface area contributed by atoms with Crippen LogP contribution >= 0.6 is 0 Å². The number of unbranched alkanes of at least 4 members (excludes halogenated alkanes) is 1. The molecule has 0 atom stereocenters. The SMILES string of the molecule is CCCCOCCNC(=O)C1(C#N)CCCCCC1. The topological polar surface area (TPSA) is 62.1 Å². The standard InChI is InChI=1S/C15H26N2O2/c1-2-3-11-19-12-10-17-14(18)15(13-16)8-6-4-5-7-9-15/h2-12H2,1H3,(H,17,18). The molecule has 1 N–H and O–H groups in total. The number of nitrogens with one attached hydrogen (secondary N) is 1. The summed E-state index contributed by atoms with van der Waals surface area (Å²) in [6.07, 6.45) is 7.80. The number of amides is 1. The fraction of sp³-hybridized carbons (Fsp3) is 0.867. The third-order valence-corrected chi connectivity index (χ3v) is 3.78. The highest BCUT2D eigenvalue weighted by Gasteiger charge is 2.38. The van der Waals surface area contributed by atoms with Crippen LogP contribution in [0.1, 0.15) is 58.3 Å². The third kappa shape index (κ3) is 5.20. The highest BCUT2D eigenvalue weighted by atomic mass is 16.5. The van der Waals surface area contributed by atoms with Crippen LogP contribution in [0, 0.1) is 16.7 Å². The van der Waals surface area contributed by atoms with Gasteiger partial charge in [0, 0.05) is 13.2 Å². The monoisotopic (exact) mass is 266 g/mol. The molecule has 0 saturated heterocycles. The Kier molecular flexibility index (Phi) is 7.50. The van der Waals surface area contributed by atoms with Crippen LogP contribution in [0.25, 0.3) is 0 Å². The normalized spacial score (nSPS) is 18.3. The smallest absolute Gasteiger partial charge is 0.240 e. The summed E-state index contributed by atoms with van der Waals surface area (Å²) < 4.78 is 5.41. The van der Waals surface area contributed by atoms with Gasteiger partial charge in [-0.05, 0) is 19.3 Å². The highest BCUT2D eigenvalue weighted by Crippen LogP contribution is 2.34. The molecule has 1 saturated carbocycles. The lowest BCUT2D eigenvalue weighted by atomic mass is 9.81. The molecule has 108 valence electrons. The molecule has 1 rings (SSSR count). The lowest BCUT2D eigenvalue weighted by molar-refractivity contribution is -0.129. The Morgan fingerprint density at radius 1 is 1.26 bits per heavy atom. The highest BCUT2D eigenvalue weighted by molar-refractivity contribution is 5.85. The quantitative estimate of drug-likeness (QED) is 0.569. The number of nitriles is 1. The van der Waals surface area contributed by atoms with Crippen LogP contribution in [0.5, 0.6) is 0 Å². The van der Waals surface area contributed by atoms with Crippen molar-refractivity contribution in [2.24, 2.45) is 5.41 Å². The molecular weight excluding hydrogens is 240 g/mol. The first kappa shape index (κ1) is 16.0. The number of ether oxygens (including phenoxy) is 1. The Balaban J connectivity index is 2.31. The second-order valence-electron chi connectivity index (χ2n) is 5.33. The predicted molar refractivity (Wildman–Crippen MR) is 74.5 cm³/mol. The number of hydrogen-bond acceptors (Lipinski definition) is 3. The Labute approximate surface area is 116 Å². The zero-order valence-electron chi connectivity index (χ0n) is 12.0. The van der Waals surface area contributed by atoms with Gasteiger partial charge in [0.1, 0.15) is 5.41 Å². The van der Waals surface area contributed by atoms with Crippen molar-refractivity contribution in [1.29, 1.82) is 5.26 Å². The van der Waals surface area contributed by atoms with E-state index in [9.17, 15) is 10.1 Å². The first-order valence-electron chi connectivity index (χ1n) is 7.52. The molecule has 4 heteroatoms. The first-order chi connectivity index (χ1) is 9.25. The van der Waals surface area contributed by atoms with Crippen molar-refractivity contribution in [3.8, 4) is 6.07 Å². The minimum absolute atomic E-state index is 0.101. The van der Waals surface area contributed by atoms with E-state index in [2.05, 4.69) is 18.3 Å². The maximum absolute atomic E-state index is 12.2. The molecule has 0 heterocycles. The Morgan fingerprint density at radius 2 is 1.95 bits per heavy atom. The van der Waals surface area contributed by atoms with Gasteiger partial charge in [-0.15, -0.1) is 0 Å². The van der Waals surface area contributed by atoms with Gasteiger partial charge >= 0.3 is 0 Å². The molecule has 1 aliphatic rings.